The van der Waals surface area contributed by atoms with Gasteiger partial charge in [0.25, 0.3) is 5.91 Å². The molecule has 112 valence electrons. The van der Waals surface area contributed by atoms with E-state index in [0.717, 1.165) is 11.1 Å². The first-order chi connectivity index (χ1) is 9.77. The normalized spacial score (nSPS) is 11.4. The SMILES string of the molecule is Cc1ccc(CNC(=O)c2sc(N)nc2C(F)(F)F)cc1. The average Bonchev–Trinajstić information content (AvgIpc) is 2.80. The number of halogens is 3. The van der Waals surface area contributed by atoms with Crippen LogP contribution in [0.25, 0.3) is 0 Å². The molecule has 4 nitrogen and oxygen atoms in total. The second kappa shape index (κ2) is 5.72. The number of nitrogen functional groups attached to an aromatic ring is 1. The van der Waals surface area contributed by atoms with Gasteiger partial charge in [-0.05, 0) is 12.5 Å². The summed E-state index contributed by atoms with van der Waals surface area (Å²) in [4.78, 5) is 14.5. The Morgan fingerprint density at radius 3 is 2.52 bits per heavy atom. The molecule has 0 spiro atoms. The summed E-state index contributed by atoms with van der Waals surface area (Å²) >= 11 is 0.522. The second-order valence-electron chi connectivity index (χ2n) is 4.40. The molecule has 0 radical (unpaired) electrons. The van der Waals surface area contributed by atoms with E-state index in [1.807, 2.05) is 19.1 Å². The van der Waals surface area contributed by atoms with E-state index in [4.69, 9.17) is 5.73 Å². The summed E-state index contributed by atoms with van der Waals surface area (Å²) in [5.41, 5.74) is 5.87. The van der Waals surface area contributed by atoms with Crippen LogP contribution in [0.4, 0.5) is 18.3 Å². The number of carbonyl (C=O) groups is 1. The summed E-state index contributed by atoms with van der Waals surface area (Å²) in [7, 11) is 0. The maximum Gasteiger partial charge on any atom is 0.435 e. The zero-order valence-electron chi connectivity index (χ0n) is 11.0. The van der Waals surface area contributed by atoms with Gasteiger partial charge < -0.3 is 11.1 Å². The zero-order valence-corrected chi connectivity index (χ0v) is 11.8. The molecular formula is C13H12F3N3OS. The van der Waals surface area contributed by atoms with Gasteiger partial charge in [0.05, 0.1) is 0 Å². The van der Waals surface area contributed by atoms with Crippen LogP contribution in [-0.4, -0.2) is 10.9 Å². The highest BCUT2D eigenvalue weighted by Gasteiger charge is 2.39. The number of aromatic nitrogens is 1. The van der Waals surface area contributed by atoms with E-state index in [9.17, 15) is 18.0 Å². The van der Waals surface area contributed by atoms with Crippen molar-refractivity contribution in [2.24, 2.45) is 0 Å². The van der Waals surface area contributed by atoms with Crippen LogP contribution in [0.5, 0.6) is 0 Å². The number of alkyl halides is 3. The van der Waals surface area contributed by atoms with E-state index >= 15 is 0 Å². The van der Waals surface area contributed by atoms with Crippen molar-refractivity contribution >= 4 is 22.4 Å². The molecule has 2 rings (SSSR count). The van der Waals surface area contributed by atoms with Gasteiger partial charge in [-0.15, -0.1) is 0 Å². The molecule has 2 aromatic rings. The Labute approximate surface area is 122 Å². The monoisotopic (exact) mass is 315 g/mol. The fourth-order valence-corrected chi connectivity index (χ4v) is 2.42. The number of anilines is 1. The molecule has 1 amide bonds. The number of aryl methyl sites for hydroxylation is 1. The first kappa shape index (κ1) is 15.3. The van der Waals surface area contributed by atoms with Crippen LogP contribution in [0.1, 0.15) is 26.5 Å². The van der Waals surface area contributed by atoms with Crippen LogP contribution in [0.2, 0.25) is 0 Å². The third kappa shape index (κ3) is 3.72. The Hall–Kier alpha value is -2.09. The minimum absolute atomic E-state index is 0.133. The molecule has 0 bridgehead atoms. The fraction of sp³-hybridized carbons (Fsp3) is 0.231. The van der Waals surface area contributed by atoms with E-state index in [-0.39, 0.29) is 11.7 Å². The van der Waals surface area contributed by atoms with Crippen molar-refractivity contribution in [2.45, 2.75) is 19.6 Å². The molecule has 0 saturated carbocycles. The first-order valence-electron chi connectivity index (χ1n) is 5.94. The molecule has 0 aliphatic carbocycles. The van der Waals surface area contributed by atoms with Gasteiger partial charge in [0.1, 0.15) is 4.88 Å². The van der Waals surface area contributed by atoms with Crippen molar-refractivity contribution in [1.29, 1.82) is 0 Å². The van der Waals surface area contributed by atoms with Crippen LogP contribution in [-0.2, 0) is 12.7 Å². The lowest BCUT2D eigenvalue weighted by Crippen LogP contribution is -2.24. The number of thiazole rings is 1. The molecule has 3 N–H and O–H groups in total. The number of nitrogens with two attached hydrogens (primary N) is 1. The summed E-state index contributed by atoms with van der Waals surface area (Å²) in [5.74, 6) is -0.836. The number of rotatable bonds is 3. The average molecular weight is 315 g/mol. The van der Waals surface area contributed by atoms with Crippen LogP contribution < -0.4 is 11.1 Å². The molecule has 0 aliphatic rings. The molecule has 0 aliphatic heterocycles. The molecule has 1 aromatic heterocycles. The molecule has 0 unspecified atom stereocenters. The summed E-state index contributed by atoms with van der Waals surface area (Å²) in [6.07, 6.45) is -4.70. The van der Waals surface area contributed by atoms with Gasteiger partial charge in [-0.1, -0.05) is 41.2 Å². The molecule has 21 heavy (non-hydrogen) atoms. The smallest absolute Gasteiger partial charge is 0.375 e. The number of carbonyl (C=O) groups excluding carboxylic acids is 1. The number of benzene rings is 1. The Kier molecular flexibility index (Phi) is 4.17. The van der Waals surface area contributed by atoms with E-state index in [2.05, 4.69) is 10.3 Å². The van der Waals surface area contributed by atoms with E-state index in [1.165, 1.54) is 0 Å². The summed E-state index contributed by atoms with van der Waals surface area (Å²) in [6, 6.07) is 7.29. The minimum atomic E-state index is -4.70. The van der Waals surface area contributed by atoms with E-state index < -0.39 is 22.7 Å². The Morgan fingerprint density at radius 1 is 1.33 bits per heavy atom. The molecule has 0 saturated heterocycles. The van der Waals surface area contributed by atoms with Crippen molar-refractivity contribution in [1.82, 2.24) is 10.3 Å². The van der Waals surface area contributed by atoms with E-state index in [1.54, 1.807) is 12.1 Å². The molecular weight excluding hydrogens is 303 g/mol. The topological polar surface area (TPSA) is 68.0 Å². The van der Waals surface area contributed by atoms with Gasteiger partial charge in [0.15, 0.2) is 10.8 Å². The third-order valence-electron chi connectivity index (χ3n) is 2.69. The number of hydrogen-bond donors (Lipinski definition) is 2. The van der Waals surface area contributed by atoms with Gasteiger partial charge in [-0.2, -0.15) is 13.2 Å². The first-order valence-corrected chi connectivity index (χ1v) is 6.76. The number of nitrogens with one attached hydrogen (secondary N) is 1. The second-order valence-corrected chi connectivity index (χ2v) is 5.43. The number of hydrogen-bond acceptors (Lipinski definition) is 4. The predicted molar refractivity (Wildman–Crippen MR) is 73.9 cm³/mol. The zero-order chi connectivity index (χ0) is 15.6. The Balaban J connectivity index is 2.12. The highest BCUT2D eigenvalue weighted by atomic mass is 32.1. The van der Waals surface area contributed by atoms with Crippen LogP contribution >= 0.6 is 11.3 Å². The van der Waals surface area contributed by atoms with Gasteiger partial charge in [0.2, 0.25) is 0 Å². The van der Waals surface area contributed by atoms with Crippen molar-refractivity contribution in [3.05, 3.63) is 46.0 Å². The van der Waals surface area contributed by atoms with Crippen molar-refractivity contribution < 1.29 is 18.0 Å². The molecule has 0 atom stereocenters. The third-order valence-corrected chi connectivity index (χ3v) is 3.58. The van der Waals surface area contributed by atoms with Gasteiger partial charge in [-0.25, -0.2) is 4.98 Å². The van der Waals surface area contributed by atoms with E-state index in [0.29, 0.717) is 11.3 Å². The number of nitrogens with zero attached hydrogens (tertiary/aromatic N) is 1. The number of amides is 1. The quantitative estimate of drug-likeness (QED) is 0.915. The summed E-state index contributed by atoms with van der Waals surface area (Å²) in [6.45, 7) is 2.05. The standard InChI is InChI=1S/C13H12F3N3OS/c1-7-2-4-8(5-3-7)6-18-11(20)9-10(13(14,15)16)19-12(17)21-9/h2-5H,6H2,1H3,(H2,17,19)(H,18,20). The predicted octanol–water partition coefficient (Wildman–Crippen LogP) is 2.98. The summed E-state index contributed by atoms with van der Waals surface area (Å²) in [5, 5.41) is 2.15. The maximum absolute atomic E-state index is 12.7. The highest BCUT2D eigenvalue weighted by Crippen LogP contribution is 2.35. The van der Waals surface area contributed by atoms with Crippen molar-refractivity contribution in [3.8, 4) is 0 Å². The molecule has 0 fully saturated rings. The lowest BCUT2D eigenvalue weighted by Gasteiger charge is -2.07. The van der Waals surface area contributed by atoms with Crippen molar-refractivity contribution in [3.63, 3.8) is 0 Å². The minimum Gasteiger partial charge on any atom is -0.375 e. The van der Waals surface area contributed by atoms with Crippen molar-refractivity contribution in [2.75, 3.05) is 5.73 Å². The summed E-state index contributed by atoms with van der Waals surface area (Å²) < 4.78 is 38.2. The van der Waals surface area contributed by atoms with Gasteiger partial charge in [-0.3, -0.25) is 4.79 Å². The van der Waals surface area contributed by atoms with Crippen LogP contribution in [0, 0.1) is 6.92 Å². The van der Waals surface area contributed by atoms with Crippen LogP contribution in [0.3, 0.4) is 0 Å². The molecule has 1 aromatic carbocycles. The largest absolute Gasteiger partial charge is 0.435 e. The highest BCUT2D eigenvalue weighted by molar-refractivity contribution is 7.17. The fourth-order valence-electron chi connectivity index (χ4n) is 1.65. The molecule has 1 heterocycles. The van der Waals surface area contributed by atoms with Gasteiger partial charge >= 0.3 is 6.18 Å². The Bertz CT molecular complexity index is 650. The lowest BCUT2D eigenvalue weighted by molar-refractivity contribution is -0.141. The molecule has 8 heteroatoms. The lowest BCUT2D eigenvalue weighted by atomic mass is 10.1. The Morgan fingerprint density at radius 2 is 1.95 bits per heavy atom. The maximum atomic E-state index is 12.7. The van der Waals surface area contributed by atoms with Gasteiger partial charge in [0, 0.05) is 6.54 Å². The van der Waals surface area contributed by atoms with Crippen LogP contribution in [0.15, 0.2) is 24.3 Å².